The summed E-state index contributed by atoms with van der Waals surface area (Å²) in [5.74, 6) is -0.740. The van der Waals surface area contributed by atoms with Crippen molar-refractivity contribution < 1.29 is 23.9 Å². The van der Waals surface area contributed by atoms with Gasteiger partial charge in [0.15, 0.2) is 0 Å². The highest BCUT2D eigenvalue weighted by atomic mass is 79.9. The number of anilines is 1. The number of carbonyl (C=O) groups excluding carboxylic acids is 4. The molecule has 43 heavy (non-hydrogen) atoms. The molecule has 4 N–H and O–H groups in total. The molecule has 0 saturated heterocycles. The van der Waals surface area contributed by atoms with Crippen LogP contribution in [0.3, 0.4) is 0 Å². The summed E-state index contributed by atoms with van der Waals surface area (Å²) in [6.07, 6.45) is 4.07. The van der Waals surface area contributed by atoms with Crippen LogP contribution in [-0.2, 0) is 23.9 Å². The van der Waals surface area contributed by atoms with Crippen LogP contribution < -0.4 is 21.3 Å². The molecule has 10 heteroatoms. The molecule has 0 saturated carbocycles. The third-order valence-corrected chi connectivity index (χ3v) is 8.49. The van der Waals surface area contributed by atoms with E-state index in [4.69, 9.17) is 4.74 Å². The number of amides is 4. The Labute approximate surface area is 267 Å². The smallest absolute Gasteiger partial charge is 0.242 e. The molecule has 244 valence electrons. The molecule has 0 aliphatic heterocycles. The molecule has 0 aliphatic carbocycles. The van der Waals surface area contributed by atoms with E-state index in [9.17, 15) is 19.2 Å². The average Bonchev–Trinajstić information content (AvgIpc) is 2.93. The molecule has 1 atom stereocenters. The first-order valence-electron chi connectivity index (χ1n) is 15.5. The van der Waals surface area contributed by atoms with Gasteiger partial charge in [0.2, 0.25) is 23.6 Å². The number of carbonyl (C=O) groups is 4. The van der Waals surface area contributed by atoms with E-state index in [0.29, 0.717) is 32.7 Å². The number of unbranched alkanes of at least 4 members (excludes halogenated alkanes) is 2. The van der Waals surface area contributed by atoms with Crippen molar-refractivity contribution in [3.05, 3.63) is 27.2 Å². The SMILES string of the molecule is CCCCCC(=O)NCC(C)(C)COCC(C)(C)CNC(=O)[C@H](CCC(=O)Nc1c(C)cc(C)c(Br)c1C)NC(=O)CC. The second-order valence-electron chi connectivity index (χ2n) is 13.2. The average molecular weight is 668 g/mol. The Hall–Kier alpha value is -2.46. The van der Waals surface area contributed by atoms with Gasteiger partial charge in [0.05, 0.1) is 13.2 Å². The lowest BCUT2D eigenvalue weighted by atomic mass is 9.92. The van der Waals surface area contributed by atoms with Gasteiger partial charge in [0, 0.05) is 53.3 Å². The number of benzene rings is 1. The van der Waals surface area contributed by atoms with Crippen molar-refractivity contribution in [2.24, 2.45) is 10.8 Å². The first-order valence-corrected chi connectivity index (χ1v) is 16.3. The summed E-state index contributed by atoms with van der Waals surface area (Å²) in [6.45, 7) is 19.5. The van der Waals surface area contributed by atoms with Crippen LogP contribution in [0.15, 0.2) is 10.5 Å². The zero-order chi connectivity index (χ0) is 32.8. The van der Waals surface area contributed by atoms with Crippen LogP contribution in [0.4, 0.5) is 5.69 Å². The number of hydrogen-bond acceptors (Lipinski definition) is 5. The molecule has 0 spiro atoms. The lowest BCUT2D eigenvalue weighted by Crippen LogP contribution is -2.49. The first-order chi connectivity index (χ1) is 20.0. The monoisotopic (exact) mass is 666 g/mol. The van der Waals surface area contributed by atoms with E-state index < -0.39 is 6.04 Å². The summed E-state index contributed by atoms with van der Waals surface area (Å²) in [6, 6.07) is 1.17. The van der Waals surface area contributed by atoms with Crippen LogP contribution in [-0.4, -0.2) is 56.0 Å². The maximum absolute atomic E-state index is 13.1. The summed E-state index contributed by atoms with van der Waals surface area (Å²) < 4.78 is 6.96. The first kappa shape index (κ1) is 38.6. The lowest BCUT2D eigenvalue weighted by Gasteiger charge is -2.30. The zero-order valence-electron chi connectivity index (χ0n) is 27.9. The molecular weight excluding hydrogens is 612 g/mol. The lowest BCUT2D eigenvalue weighted by molar-refractivity contribution is -0.129. The van der Waals surface area contributed by atoms with Crippen molar-refractivity contribution in [2.75, 3.05) is 31.6 Å². The number of aryl methyl sites for hydroxylation is 2. The van der Waals surface area contributed by atoms with Gasteiger partial charge in [0.25, 0.3) is 0 Å². The van der Waals surface area contributed by atoms with E-state index in [-0.39, 0.29) is 53.7 Å². The van der Waals surface area contributed by atoms with E-state index in [2.05, 4.69) is 44.1 Å². The van der Waals surface area contributed by atoms with Crippen molar-refractivity contribution in [1.82, 2.24) is 16.0 Å². The van der Waals surface area contributed by atoms with Crippen LogP contribution in [0.5, 0.6) is 0 Å². The summed E-state index contributed by atoms with van der Waals surface area (Å²) in [5.41, 5.74) is 3.13. The zero-order valence-corrected chi connectivity index (χ0v) is 29.4. The van der Waals surface area contributed by atoms with Crippen molar-refractivity contribution in [3.63, 3.8) is 0 Å². The summed E-state index contributed by atoms with van der Waals surface area (Å²) >= 11 is 3.57. The van der Waals surface area contributed by atoms with Gasteiger partial charge < -0.3 is 26.0 Å². The van der Waals surface area contributed by atoms with Gasteiger partial charge in [-0.05, 0) is 50.3 Å². The van der Waals surface area contributed by atoms with E-state index in [0.717, 1.165) is 46.1 Å². The molecule has 0 fully saturated rings. The van der Waals surface area contributed by atoms with Crippen molar-refractivity contribution >= 4 is 45.2 Å². The molecule has 1 rings (SSSR count). The Kier molecular flexibility index (Phi) is 16.5. The highest BCUT2D eigenvalue weighted by Gasteiger charge is 2.27. The molecule has 4 amide bonds. The Balaban J connectivity index is 2.64. The molecule has 9 nitrogen and oxygen atoms in total. The highest BCUT2D eigenvalue weighted by molar-refractivity contribution is 9.10. The van der Waals surface area contributed by atoms with Gasteiger partial charge in [-0.3, -0.25) is 19.2 Å². The number of halogens is 1. The van der Waals surface area contributed by atoms with Gasteiger partial charge >= 0.3 is 0 Å². The van der Waals surface area contributed by atoms with Crippen LogP contribution >= 0.6 is 15.9 Å². The van der Waals surface area contributed by atoms with Crippen molar-refractivity contribution in [2.45, 2.75) is 113 Å². The second kappa shape index (κ2) is 18.4. The second-order valence-corrected chi connectivity index (χ2v) is 14.0. The standard InChI is InChI=1S/C33H55BrN4O5/c1-10-12-13-14-27(40)35-18-32(6,7)20-43-21-33(8,9)19-36-31(42)25(37-26(39)11-2)15-16-28(41)38-30-23(4)17-22(3)29(34)24(30)5/h17,25H,10-16,18-21H2,1-9H3,(H,35,40)(H,36,42)(H,37,39)(H,38,41)/t25-/m0/s1. The van der Waals surface area contributed by atoms with Crippen LogP contribution in [0.1, 0.15) is 103 Å². The van der Waals surface area contributed by atoms with Crippen molar-refractivity contribution in [3.8, 4) is 0 Å². The molecule has 1 aromatic rings. The van der Waals surface area contributed by atoms with E-state index in [1.54, 1.807) is 6.92 Å². The van der Waals surface area contributed by atoms with E-state index in [1.807, 2.05) is 54.5 Å². The third kappa shape index (κ3) is 14.7. The van der Waals surface area contributed by atoms with E-state index >= 15 is 0 Å². The summed E-state index contributed by atoms with van der Waals surface area (Å²) in [4.78, 5) is 50.2. The fourth-order valence-electron chi connectivity index (χ4n) is 4.51. The maximum atomic E-state index is 13.1. The van der Waals surface area contributed by atoms with Crippen LogP contribution in [0, 0.1) is 31.6 Å². The third-order valence-electron chi connectivity index (χ3n) is 7.27. The highest BCUT2D eigenvalue weighted by Crippen LogP contribution is 2.31. The van der Waals surface area contributed by atoms with Crippen LogP contribution in [0.25, 0.3) is 0 Å². The molecule has 0 bridgehead atoms. The molecule has 0 aromatic heterocycles. The van der Waals surface area contributed by atoms with Crippen LogP contribution in [0.2, 0.25) is 0 Å². The Morgan fingerprint density at radius 3 is 2.02 bits per heavy atom. The maximum Gasteiger partial charge on any atom is 0.242 e. The fourth-order valence-corrected chi connectivity index (χ4v) is 4.83. The normalized spacial score (nSPS) is 12.4. The van der Waals surface area contributed by atoms with Gasteiger partial charge in [0.1, 0.15) is 6.04 Å². The quantitative estimate of drug-likeness (QED) is 0.137. The summed E-state index contributed by atoms with van der Waals surface area (Å²) in [7, 11) is 0. The van der Waals surface area contributed by atoms with Gasteiger partial charge in [-0.15, -0.1) is 0 Å². The largest absolute Gasteiger partial charge is 0.380 e. The number of ether oxygens (including phenoxy) is 1. The molecule has 1 aromatic carbocycles. The summed E-state index contributed by atoms with van der Waals surface area (Å²) in [5, 5.41) is 11.7. The van der Waals surface area contributed by atoms with Gasteiger partial charge in [-0.1, -0.05) is 76.4 Å². The molecular formula is C33H55BrN4O5. The minimum absolute atomic E-state index is 0.0696. The molecule has 0 aliphatic rings. The number of nitrogens with one attached hydrogen (secondary N) is 4. The van der Waals surface area contributed by atoms with Gasteiger partial charge in [-0.25, -0.2) is 0 Å². The minimum atomic E-state index is -0.832. The molecule has 0 radical (unpaired) electrons. The Morgan fingerprint density at radius 2 is 1.44 bits per heavy atom. The number of hydrogen-bond donors (Lipinski definition) is 4. The minimum Gasteiger partial charge on any atom is -0.380 e. The molecule has 0 unspecified atom stereocenters. The Morgan fingerprint density at radius 1 is 0.837 bits per heavy atom. The van der Waals surface area contributed by atoms with E-state index in [1.165, 1.54) is 0 Å². The number of rotatable bonds is 19. The predicted octanol–water partition coefficient (Wildman–Crippen LogP) is 5.87. The van der Waals surface area contributed by atoms with Crippen molar-refractivity contribution in [1.29, 1.82) is 0 Å². The van der Waals surface area contributed by atoms with Gasteiger partial charge in [-0.2, -0.15) is 0 Å². The predicted molar refractivity (Wildman–Crippen MR) is 177 cm³/mol. The molecule has 0 heterocycles. The topological polar surface area (TPSA) is 126 Å². The Bertz CT molecular complexity index is 1100. The fraction of sp³-hybridized carbons (Fsp3) is 0.697.